The Kier molecular flexibility index (Phi) is 5.19. The molecular weight excluding hydrogens is 280 g/mol. The van der Waals surface area contributed by atoms with Crippen LogP contribution >= 0.6 is 11.8 Å². The van der Waals surface area contributed by atoms with E-state index in [2.05, 4.69) is 9.97 Å². The second-order valence-corrected chi connectivity index (χ2v) is 5.55. The van der Waals surface area contributed by atoms with E-state index in [1.54, 1.807) is 0 Å². The van der Waals surface area contributed by atoms with Crippen molar-refractivity contribution in [3.63, 3.8) is 0 Å². The summed E-state index contributed by atoms with van der Waals surface area (Å²) in [4.78, 5) is 19.0. The lowest BCUT2D eigenvalue weighted by molar-refractivity contribution is -0.139. The van der Waals surface area contributed by atoms with Crippen molar-refractivity contribution in [2.45, 2.75) is 36.9 Å². The first kappa shape index (κ1) is 15.1. The van der Waals surface area contributed by atoms with E-state index in [4.69, 9.17) is 9.84 Å². The Labute approximate surface area is 121 Å². The van der Waals surface area contributed by atoms with Gasteiger partial charge in [0, 0.05) is 0 Å². The molecular formula is C13H18N2O4S. The summed E-state index contributed by atoms with van der Waals surface area (Å²) in [6, 6.07) is 0. The summed E-state index contributed by atoms with van der Waals surface area (Å²) in [6.45, 7) is -0.466. The zero-order valence-corrected chi connectivity index (χ0v) is 12.1. The van der Waals surface area contributed by atoms with Crippen LogP contribution in [0.4, 0.5) is 0 Å². The van der Waals surface area contributed by atoms with Crippen molar-refractivity contribution in [1.29, 1.82) is 0 Å². The van der Waals surface area contributed by atoms with Gasteiger partial charge in [0.1, 0.15) is 11.8 Å². The third-order valence-electron chi connectivity index (χ3n) is 3.42. The lowest BCUT2D eigenvalue weighted by Crippen LogP contribution is -2.16. The summed E-state index contributed by atoms with van der Waals surface area (Å²) in [5.41, 5.74) is 0.400. The Hall–Kier alpha value is -1.34. The number of carboxylic acids is 1. The minimum absolute atomic E-state index is 0.159. The van der Waals surface area contributed by atoms with Crippen molar-refractivity contribution in [2.75, 3.05) is 12.9 Å². The van der Waals surface area contributed by atoms with Crippen LogP contribution in [0.1, 0.15) is 37.5 Å². The van der Waals surface area contributed by atoms with Gasteiger partial charge in [-0.25, -0.2) is 14.8 Å². The van der Waals surface area contributed by atoms with Gasteiger partial charge in [0.15, 0.2) is 17.5 Å². The van der Waals surface area contributed by atoms with Crippen molar-refractivity contribution in [1.82, 2.24) is 9.97 Å². The molecule has 1 fully saturated rings. The van der Waals surface area contributed by atoms with Gasteiger partial charge >= 0.3 is 5.97 Å². The van der Waals surface area contributed by atoms with Crippen LogP contribution in [-0.4, -0.2) is 39.0 Å². The van der Waals surface area contributed by atoms with E-state index in [9.17, 15) is 9.90 Å². The van der Waals surface area contributed by atoms with Crippen LogP contribution in [0.2, 0.25) is 0 Å². The first-order valence-corrected chi connectivity index (χ1v) is 7.78. The molecule has 110 valence electrons. The number of rotatable bonds is 6. The van der Waals surface area contributed by atoms with Gasteiger partial charge in [-0.15, -0.1) is 0 Å². The van der Waals surface area contributed by atoms with E-state index in [1.807, 2.05) is 6.26 Å². The summed E-state index contributed by atoms with van der Waals surface area (Å²) < 4.78 is 5.18. The number of aliphatic hydroxyl groups excluding tert-OH is 1. The molecule has 7 heteroatoms. The Bertz CT molecular complexity index is 477. The summed E-state index contributed by atoms with van der Waals surface area (Å²) in [7, 11) is 0. The van der Waals surface area contributed by atoms with Gasteiger partial charge in [0.05, 0.1) is 6.20 Å². The van der Waals surface area contributed by atoms with Gasteiger partial charge in [-0.1, -0.05) is 24.6 Å². The number of aliphatic hydroxyl groups is 1. The van der Waals surface area contributed by atoms with Gasteiger partial charge in [0.25, 0.3) is 0 Å². The Balaban J connectivity index is 2.23. The Morgan fingerprint density at radius 3 is 2.85 bits per heavy atom. The van der Waals surface area contributed by atoms with Gasteiger partial charge < -0.3 is 14.9 Å². The number of aromatic nitrogens is 2. The summed E-state index contributed by atoms with van der Waals surface area (Å²) in [5, 5.41) is 19.7. The van der Waals surface area contributed by atoms with Crippen LogP contribution in [0.25, 0.3) is 0 Å². The highest BCUT2D eigenvalue weighted by Crippen LogP contribution is 2.38. The molecule has 1 aromatic rings. The number of carbonyl (C=O) groups is 1. The molecule has 2 N–H and O–H groups in total. The fraction of sp³-hybridized carbons (Fsp3) is 0.615. The predicted octanol–water partition coefficient (Wildman–Crippen LogP) is 1.89. The average Bonchev–Trinajstić information content (AvgIpc) is 2.98. The van der Waals surface area contributed by atoms with E-state index < -0.39 is 18.7 Å². The summed E-state index contributed by atoms with van der Waals surface area (Å²) in [5.74, 6) is -0.656. The molecule has 0 radical (unpaired) electrons. The third-order valence-corrected chi connectivity index (χ3v) is 3.98. The highest BCUT2D eigenvalue weighted by atomic mass is 32.2. The third kappa shape index (κ3) is 3.61. The second-order valence-electron chi connectivity index (χ2n) is 4.78. The first-order chi connectivity index (χ1) is 9.61. The molecule has 0 spiro atoms. The molecule has 0 saturated heterocycles. The highest BCUT2D eigenvalue weighted by molar-refractivity contribution is 7.98. The zero-order valence-electron chi connectivity index (χ0n) is 11.3. The maximum atomic E-state index is 10.6. The molecule has 1 atom stereocenters. The van der Waals surface area contributed by atoms with Crippen LogP contribution in [0.3, 0.4) is 0 Å². The van der Waals surface area contributed by atoms with E-state index in [1.165, 1.54) is 18.0 Å². The van der Waals surface area contributed by atoms with Crippen LogP contribution in [0.5, 0.6) is 5.75 Å². The summed E-state index contributed by atoms with van der Waals surface area (Å²) >= 11 is 1.37. The smallest absolute Gasteiger partial charge is 0.341 e. The molecule has 1 heterocycles. The zero-order chi connectivity index (χ0) is 14.5. The maximum absolute atomic E-state index is 10.6. The molecule has 0 bridgehead atoms. The number of aliphatic carboxylic acids is 1. The quantitative estimate of drug-likeness (QED) is 0.612. The maximum Gasteiger partial charge on any atom is 0.341 e. The van der Waals surface area contributed by atoms with Crippen LogP contribution in [0.15, 0.2) is 11.4 Å². The molecule has 20 heavy (non-hydrogen) atoms. The van der Waals surface area contributed by atoms with Crippen molar-refractivity contribution in [3.05, 3.63) is 11.9 Å². The topological polar surface area (TPSA) is 92.5 Å². The standard InChI is InChI=1S/C13H18N2O4S/c1-20-13-14-6-9(19-7-10(16)17)11(15-13)12(18)8-4-2-3-5-8/h6,8,12,18H,2-5,7H2,1H3,(H,16,17). The molecule has 1 saturated carbocycles. The number of nitrogens with zero attached hydrogens (tertiary/aromatic N) is 2. The first-order valence-electron chi connectivity index (χ1n) is 6.55. The molecule has 0 aromatic carbocycles. The minimum Gasteiger partial charge on any atom is -0.479 e. The number of hydrogen-bond donors (Lipinski definition) is 2. The predicted molar refractivity (Wildman–Crippen MR) is 73.9 cm³/mol. The second kappa shape index (κ2) is 6.90. The van der Waals surface area contributed by atoms with Gasteiger partial charge in [-0.05, 0) is 25.0 Å². The van der Waals surface area contributed by atoms with Crippen LogP contribution in [0, 0.1) is 5.92 Å². The van der Waals surface area contributed by atoms with Crippen molar-refractivity contribution >= 4 is 17.7 Å². The number of carboxylic acid groups (broad SMARTS) is 1. The molecule has 2 rings (SSSR count). The largest absolute Gasteiger partial charge is 0.479 e. The number of ether oxygens (including phenoxy) is 1. The molecule has 1 unspecified atom stereocenters. The van der Waals surface area contributed by atoms with Crippen LogP contribution < -0.4 is 4.74 Å². The van der Waals surface area contributed by atoms with Crippen molar-refractivity contribution < 1.29 is 19.7 Å². The minimum atomic E-state index is -1.07. The van der Waals surface area contributed by atoms with Gasteiger partial charge in [0.2, 0.25) is 0 Å². The van der Waals surface area contributed by atoms with Crippen molar-refractivity contribution in [2.24, 2.45) is 5.92 Å². The van der Waals surface area contributed by atoms with E-state index >= 15 is 0 Å². The monoisotopic (exact) mass is 298 g/mol. The molecule has 1 aliphatic rings. The van der Waals surface area contributed by atoms with E-state index in [0.29, 0.717) is 10.9 Å². The molecule has 0 aliphatic heterocycles. The molecule has 1 aliphatic carbocycles. The molecule has 0 amide bonds. The van der Waals surface area contributed by atoms with Gasteiger partial charge in [-0.3, -0.25) is 0 Å². The normalized spacial score (nSPS) is 17.1. The van der Waals surface area contributed by atoms with Crippen molar-refractivity contribution in [3.8, 4) is 5.75 Å². The lowest BCUT2D eigenvalue weighted by Gasteiger charge is -2.19. The van der Waals surface area contributed by atoms with Gasteiger partial charge in [-0.2, -0.15) is 0 Å². The highest BCUT2D eigenvalue weighted by Gasteiger charge is 2.28. The molecule has 6 nitrogen and oxygen atoms in total. The summed E-state index contributed by atoms with van der Waals surface area (Å²) in [6.07, 6.45) is 6.68. The van der Waals surface area contributed by atoms with Crippen LogP contribution in [-0.2, 0) is 4.79 Å². The fourth-order valence-corrected chi connectivity index (χ4v) is 2.77. The van der Waals surface area contributed by atoms with E-state index in [-0.39, 0.29) is 11.7 Å². The average molecular weight is 298 g/mol. The fourth-order valence-electron chi connectivity index (χ4n) is 2.42. The lowest BCUT2D eigenvalue weighted by atomic mass is 9.98. The van der Waals surface area contributed by atoms with E-state index in [0.717, 1.165) is 25.7 Å². The molecule has 1 aromatic heterocycles. The Morgan fingerprint density at radius 1 is 1.55 bits per heavy atom. The Morgan fingerprint density at radius 2 is 2.25 bits per heavy atom. The SMILES string of the molecule is CSc1ncc(OCC(=O)O)c(C(O)C2CCCC2)n1. The number of thioether (sulfide) groups is 1. The number of hydrogen-bond acceptors (Lipinski definition) is 6.